The molecule has 6 nitrogen and oxygen atoms in total. The Bertz CT molecular complexity index is 892. The number of benzene rings is 1. The maximum Gasteiger partial charge on any atom is 0.255 e. The number of hydrogen-bond donors (Lipinski definition) is 0. The van der Waals surface area contributed by atoms with Crippen LogP contribution >= 0.6 is 23.2 Å². The van der Waals surface area contributed by atoms with E-state index >= 15 is 0 Å². The van der Waals surface area contributed by atoms with Crippen molar-refractivity contribution in [1.82, 2.24) is 4.57 Å². The third-order valence-electron chi connectivity index (χ3n) is 4.75. The third-order valence-corrected chi connectivity index (χ3v) is 5.31. The standard InChI is InChI=1S/C21H20Cl2N2O4/c22-17-10-15(11-18(23)20(17)29-14-6-2-1-3-7-14)28-13-19(26)16(12-24)21(27)25-8-4-5-9-25/h4-5,8-11,14,16H,1-3,6-7,13H2. The predicted octanol–water partition coefficient (Wildman–Crippen LogP) is 4.93. The number of carbonyl (C=O) groups is 2. The Balaban J connectivity index is 1.63. The summed E-state index contributed by atoms with van der Waals surface area (Å²) >= 11 is 12.6. The second kappa shape index (κ2) is 9.82. The zero-order valence-corrected chi connectivity index (χ0v) is 17.2. The molecule has 0 amide bonds. The Morgan fingerprint density at radius 1 is 1.14 bits per heavy atom. The quantitative estimate of drug-likeness (QED) is 0.576. The lowest BCUT2D eigenvalue weighted by Gasteiger charge is -2.24. The van der Waals surface area contributed by atoms with Crippen molar-refractivity contribution in [3.05, 3.63) is 46.7 Å². The number of halogens is 2. The minimum atomic E-state index is -1.46. The monoisotopic (exact) mass is 434 g/mol. The molecule has 1 heterocycles. The lowest BCUT2D eigenvalue weighted by Crippen LogP contribution is -2.30. The first kappa shape index (κ1) is 21.2. The Hall–Kier alpha value is -2.49. The summed E-state index contributed by atoms with van der Waals surface area (Å²) in [5.74, 6) is -2.08. The lowest BCUT2D eigenvalue weighted by molar-refractivity contribution is -0.122. The van der Waals surface area contributed by atoms with Gasteiger partial charge in [0.15, 0.2) is 17.5 Å². The van der Waals surface area contributed by atoms with Crippen LogP contribution in [0.4, 0.5) is 0 Å². The minimum Gasteiger partial charge on any atom is -0.487 e. The van der Waals surface area contributed by atoms with Gasteiger partial charge in [-0.05, 0) is 37.8 Å². The fourth-order valence-corrected chi connectivity index (χ4v) is 3.77. The van der Waals surface area contributed by atoms with Gasteiger partial charge in [0.05, 0.1) is 22.2 Å². The molecule has 0 spiro atoms. The summed E-state index contributed by atoms with van der Waals surface area (Å²) in [4.78, 5) is 24.5. The Kier molecular flexibility index (Phi) is 7.18. The summed E-state index contributed by atoms with van der Waals surface area (Å²) in [5, 5.41) is 9.79. The van der Waals surface area contributed by atoms with Crippen LogP contribution in [0.1, 0.15) is 36.9 Å². The summed E-state index contributed by atoms with van der Waals surface area (Å²) in [6.45, 7) is -0.458. The number of nitriles is 1. The molecule has 2 aromatic rings. The van der Waals surface area contributed by atoms with Crippen LogP contribution in [-0.4, -0.2) is 29.0 Å². The molecule has 0 saturated heterocycles. The molecule has 1 aromatic carbocycles. The summed E-state index contributed by atoms with van der Waals surface area (Å²) in [5.41, 5.74) is 0. The van der Waals surface area contributed by atoms with Crippen LogP contribution in [0, 0.1) is 17.2 Å². The molecule has 1 saturated carbocycles. The number of nitrogens with zero attached hydrogens (tertiary/aromatic N) is 2. The van der Waals surface area contributed by atoms with Crippen LogP contribution in [0.3, 0.4) is 0 Å². The highest BCUT2D eigenvalue weighted by molar-refractivity contribution is 6.37. The Morgan fingerprint density at radius 3 is 2.34 bits per heavy atom. The van der Waals surface area contributed by atoms with Crippen molar-refractivity contribution >= 4 is 34.9 Å². The van der Waals surface area contributed by atoms with E-state index < -0.39 is 24.2 Å². The zero-order chi connectivity index (χ0) is 20.8. The van der Waals surface area contributed by atoms with E-state index in [1.807, 2.05) is 0 Å². The average molecular weight is 435 g/mol. The molecule has 29 heavy (non-hydrogen) atoms. The van der Waals surface area contributed by atoms with Crippen LogP contribution in [-0.2, 0) is 4.79 Å². The third kappa shape index (κ3) is 5.31. The maximum absolute atomic E-state index is 12.3. The van der Waals surface area contributed by atoms with Gasteiger partial charge in [0.1, 0.15) is 12.4 Å². The molecule has 1 aliphatic carbocycles. The van der Waals surface area contributed by atoms with E-state index in [1.165, 1.54) is 35.5 Å². The van der Waals surface area contributed by atoms with Crippen LogP contribution in [0.2, 0.25) is 10.0 Å². The number of aromatic nitrogens is 1. The molecule has 1 fully saturated rings. The molecular formula is C21H20Cl2N2O4. The highest BCUT2D eigenvalue weighted by Crippen LogP contribution is 2.39. The van der Waals surface area contributed by atoms with Crippen LogP contribution in [0.15, 0.2) is 36.7 Å². The van der Waals surface area contributed by atoms with Gasteiger partial charge in [-0.15, -0.1) is 0 Å². The zero-order valence-electron chi connectivity index (χ0n) is 15.6. The van der Waals surface area contributed by atoms with Gasteiger partial charge >= 0.3 is 0 Å². The van der Waals surface area contributed by atoms with Crippen molar-refractivity contribution in [3.8, 4) is 17.6 Å². The highest BCUT2D eigenvalue weighted by atomic mass is 35.5. The SMILES string of the molecule is N#CC(C(=O)COc1cc(Cl)c(OC2CCCCC2)c(Cl)c1)C(=O)n1cccc1. The number of rotatable bonds is 7. The summed E-state index contributed by atoms with van der Waals surface area (Å²) in [7, 11) is 0. The van der Waals surface area contributed by atoms with Gasteiger partial charge in [-0.2, -0.15) is 5.26 Å². The van der Waals surface area contributed by atoms with E-state index in [9.17, 15) is 14.9 Å². The van der Waals surface area contributed by atoms with Gasteiger partial charge in [0.25, 0.3) is 5.91 Å². The minimum absolute atomic E-state index is 0.0863. The number of hydrogen-bond acceptors (Lipinski definition) is 5. The Labute approximate surface area is 178 Å². The first-order chi connectivity index (χ1) is 14.0. The van der Waals surface area contributed by atoms with Gasteiger partial charge in [-0.1, -0.05) is 29.6 Å². The summed E-state index contributed by atoms with van der Waals surface area (Å²) in [6.07, 6.45) is 8.41. The fourth-order valence-electron chi connectivity index (χ4n) is 3.22. The largest absolute Gasteiger partial charge is 0.487 e. The number of ether oxygens (including phenoxy) is 2. The van der Waals surface area contributed by atoms with E-state index in [-0.39, 0.29) is 21.9 Å². The first-order valence-electron chi connectivity index (χ1n) is 9.37. The normalized spacial score (nSPS) is 15.3. The maximum atomic E-state index is 12.3. The van der Waals surface area contributed by atoms with Crippen molar-refractivity contribution in [2.24, 2.45) is 5.92 Å². The molecule has 0 bridgehead atoms. The first-order valence-corrected chi connectivity index (χ1v) is 10.1. The second-order valence-electron chi connectivity index (χ2n) is 6.84. The summed E-state index contributed by atoms with van der Waals surface area (Å²) < 4.78 is 12.6. The molecule has 1 atom stereocenters. The van der Waals surface area contributed by atoms with Crippen LogP contribution < -0.4 is 9.47 Å². The highest BCUT2D eigenvalue weighted by Gasteiger charge is 2.28. The Morgan fingerprint density at radius 2 is 1.76 bits per heavy atom. The van der Waals surface area contributed by atoms with Gasteiger partial charge in [0.2, 0.25) is 0 Å². The molecule has 1 unspecified atom stereocenters. The lowest BCUT2D eigenvalue weighted by atomic mass is 9.98. The van der Waals surface area contributed by atoms with E-state index in [0.29, 0.717) is 5.75 Å². The molecule has 8 heteroatoms. The predicted molar refractivity (Wildman–Crippen MR) is 109 cm³/mol. The van der Waals surface area contributed by atoms with E-state index in [4.69, 9.17) is 32.7 Å². The fraction of sp³-hybridized carbons (Fsp3) is 0.381. The van der Waals surface area contributed by atoms with Crippen molar-refractivity contribution in [1.29, 1.82) is 5.26 Å². The van der Waals surface area contributed by atoms with Crippen molar-refractivity contribution < 1.29 is 19.1 Å². The van der Waals surface area contributed by atoms with E-state index in [2.05, 4.69) is 0 Å². The molecule has 1 aliphatic rings. The molecule has 0 N–H and O–H groups in total. The summed E-state index contributed by atoms with van der Waals surface area (Å²) in [6, 6.07) is 8.01. The molecule has 0 radical (unpaired) electrons. The number of Topliss-reactive ketones (excluding diaryl/α,β-unsaturated/α-hetero) is 1. The second-order valence-corrected chi connectivity index (χ2v) is 7.65. The van der Waals surface area contributed by atoms with Crippen LogP contribution in [0.5, 0.6) is 11.5 Å². The van der Waals surface area contributed by atoms with Crippen molar-refractivity contribution in [2.75, 3.05) is 6.61 Å². The van der Waals surface area contributed by atoms with E-state index in [0.717, 1.165) is 25.7 Å². The van der Waals surface area contributed by atoms with Gasteiger partial charge in [0, 0.05) is 24.5 Å². The molecule has 152 valence electrons. The van der Waals surface area contributed by atoms with Gasteiger partial charge in [-0.3, -0.25) is 14.2 Å². The van der Waals surface area contributed by atoms with Crippen molar-refractivity contribution in [3.63, 3.8) is 0 Å². The molecular weight excluding hydrogens is 415 g/mol. The smallest absolute Gasteiger partial charge is 0.255 e. The average Bonchev–Trinajstić information content (AvgIpc) is 3.25. The topological polar surface area (TPSA) is 81.3 Å². The number of ketones is 1. The van der Waals surface area contributed by atoms with Gasteiger partial charge < -0.3 is 9.47 Å². The van der Waals surface area contributed by atoms with Crippen LogP contribution in [0.25, 0.3) is 0 Å². The van der Waals surface area contributed by atoms with Crippen molar-refractivity contribution in [2.45, 2.75) is 38.2 Å². The van der Waals surface area contributed by atoms with E-state index in [1.54, 1.807) is 18.2 Å². The van der Waals surface area contributed by atoms with Gasteiger partial charge in [-0.25, -0.2) is 0 Å². The molecule has 0 aliphatic heterocycles. The number of carbonyl (C=O) groups excluding carboxylic acids is 2. The molecule has 3 rings (SSSR count). The molecule has 1 aromatic heterocycles.